The first kappa shape index (κ1) is 27.6. The highest BCUT2D eigenvalue weighted by Gasteiger charge is 2.41. The first-order valence-corrected chi connectivity index (χ1v) is 13.2. The Kier molecular flexibility index (Phi) is 8.21. The molecule has 3 aliphatic heterocycles. The Bertz CT molecular complexity index is 1180. The van der Waals surface area contributed by atoms with E-state index in [-0.39, 0.29) is 42.9 Å². The van der Waals surface area contributed by atoms with Crippen LogP contribution < -0.4 is 15.8 Å². The van der Waals surface area contributed by atoms with Gasteiger partial charge in [0, 0.05) is 51.7 Å². The van der Waals surface area contributed by atoms with Crippen molar-refractivity contribution in [3.05, 3.63) is 53.3 Å². The Hall–Kier alpha value is -3.00. The van der Waals surface area contributed by atoms with Crippen LogP contribution in [0.25, 0.3) is 0 Å². The number of ether oxygens (including phenoxy) is 1. The molecular formula is C25H29ClF3N7O3. The van der Waals surface area contributed by atoms with Crippen molar-refractivity contribution >= 4 is 29.4 Å². The summed E-state index contributed by atoms with van der Waals surface area (Å²) in [5.41, 5.74) is 6.86. The minimum atomic E-state index is -4.48. The Morgan fingerprint density at radius 3 is 2.56 bits per heavy atom. The molecule has 2 aromatic rings. The predicted molar refractivity (Wildman–Crippen MR) is 136 cm³/mol. The van der Waals surface area contributed by atoms with E-state index in [1.165, 1.54) is 0 Å². The van der Waals surface area contributed by atoms with Crippen LogP contribution in [-0.2, 0) is 27.0 Å². The molecule has 0 radical (unpaired) electrons. The summed E-state index contributed by atoms with van der Waals surface area (Å²) in [6, 6.07) is 7.75. The second-order valence-corrected chi connectivity index (χ2v) is 10.2. The van der Waals surface area contributed by atoms with E-state index in [0.717, 1.165) is 23.5 Å². The molecule has 39 heavy (non-hydrogen) atoms. The molecule has 5 rings (SSSR count). The van der Waals surface area contributed by atoms with E-state index in [1.54, 1.807) is 9.80 Å². The maximum absolute atomic E-state index is 12.8. The highest BCUT2D eigenvalue weighted by Crippen LogP contribution is 2.37. The smallest absolute Gasteiger partial charge is 0.379 e. The SMILES string of the molecule is O=C1NNCC(N2Cc3ccccc3[C@H]2COCCC(=O)N2CCN(c3ncc(C(F)(F)F)cn3)CC2)C1Cl. The van der Waals surface area contributed by atoms with Crippen molar-refractivity contribution in [2.24, 2.45) is 0 Å². The first-order valence-electron chi connectivity index (χ1n) is 12.7. The van der Waals surface area contributed by atoms with E-state index in [0.29, 0.717) is 45.9 Å². The van der Waals surface area contributed by atoms with Gasteiger partial charge in [0.15, 0.2) is 0 Å². The van der Waals surface area contributed by atoms with Gasteiger partial charge in [-0.05, 0) is 11.1 Å². The summed E-state index contributed by atoms with van der Waals surface area (Å²) >= 11 is 6.44. The van der Waals surface area contributed by atoms with Crippen molar-refractivity contribution < 1.29 is 27.5 Å². The zero-order chi connectivity index (χ0) is 27.6. The summed E-state index contributed by atoms with van der Waals surface area (Å²) in [4.78, 5) is 38.2. The van der Waals surface area contributed by atoms with Crippen LogP contribution >= 0.6 is 11.6 Å². The second kappa shape index (κ2) is 11.6. The maximum atomic E-state index is 12.8. The number of nitrogens with zero attached hydrogens (tertiary/aromatic N) is 5. The van der Waals surface area contributed by atoms with Gasteiger partial charge in [-0.15, -0.1) is 11.6 Å². The normalized spacial score (nSPS) is 24.0. The number of nitrogens with one attached hydrogen (secondary N) is 2. The fourth-order valence-corrected chi connectivity index (χ4v) is 5.49. The van der Waals surface area contributed by atoms with Crippen LogP contribution in [0.15, 0.2) is 36.7 Å². The van der Waals surface area contributed by atoms with Crippen LogP contribution in [0.5, 0.6) is 0 Å². The highest BCUT2D eigenvalue weighted by molar-refractivity contribution is 6.31. The van der Waals surface area contributed by atoms with Gasteiger partial charge in [-0.25, -0.2) is 15.4 Å². The van der Waals surface area contributed by atoms with Gasteiger partial charge in [-0.1, -0.05) is 24.3 Å². The molecule has 2 amide bonds. The van der Waals surface area contributed by atoms with E-state index in [9.17, 15) is 22.8 Å². The van der Waals surface area contributed by atoms with Gasteiger partial charge < -0.3 is 14.5 Å². The molecule has 10 nitrogen and oxygen atoms in total. The minimum absolute atomic E-state index is 0.0550. The van der Waals surface area contributed by atoms with Crippen molar-refractivity contribution in [1.29, 1.82) is 0 Å². The lowest BCUT2D eigenvalue weighted by Crippen LogP contribution is -2.61. The molecule has 0 saturated carbocycles. The van der Waals surface area contributed by atoms with Crippen LogP contribution in [0, 0.1) is 0 Å². The standard InChI is InChI=1S/C25H29ClF3N7O3/c26-22-19(13-32-33-23(22)38)36-14-16-3-1-2-4-18(16)20(36)15-39-10-5-21(37)34-6-8-35(9-7-34)24-30-11-17(12-31-24)25(27,28)29/h1-4,11-12,19-20,22,32H,5-10,13-15H2,(H,33,38)/t19?,20-,22?/m1/s1. The van der Waals surface area contributed by atoms with Gasteiger partial charge in [0.2, 0.25) is 11.9 Å². The lowest BCUT2D eigenvalue weighted by molar-refractivity contribution is -0.138. The number of aromatic nitrogens is 2. The van der Waals surface area contributed by atoms with Crippen LogP contribution in [-0.4, -0.2) is 88.9 Å². The molecule has 4 heterocycles. The molecule has 3 atom stereocenters. The molecule has 2 fully saturated rings. The summed E-state index contributed by atoms with van der Waals surface area (Å²) in [6.45, 7) is 3.43. The predicted octanol–water partition coefficient (Wildman–Crippen LogP) is 1.72. The molecule has 2 unspecified atom stereocenters. The van der Waals surface area contributed by atoms with Gasteiger partial charge in [-0.2, -0.15) is 13.2 Å². The van der Waals surface area contributed by atoms with Crippen molar-refractivity contribution in [2.45, 2.75) is 36.6 Å². The van der Waals surface area contributed by atoms with Crippen molar-refractivity contribution in [1.82, 2.24) is 30.6 Å². The van der Waals surface area contributed by atoms with E-state index < -0.39 is 17.1 Å². The third kappa shape index (κ3) is 6.11. The molecule has 3 aliphatic rings. The van der Waals surface area contributed by atoms with E-state index >= 15 is 0 Å². The molecule has 0 aliphatic carbocycles. The second-order valence-electron chi connectivity index (χ2n) is 9.69. The van der Waals surface area contributed by atoms with Crippen LogP contribution in [0.4, 0.5) is 19.1 Å². The number of fused-ring (bicyclic) bond motifs is 1. The van der Waals surface area contributed by atoms with E-state index in [4.69, 9.17) is 16.3 Å². The molecule has 1 aromatic heterocycles. The summed E-state index contributed by atoms with van der Waals surface area (Å²) in [5, 5.41) is -0.698. The van der Waals surface area contributed by atoms with E-state index in [2.05, 4.69) is 31.8 Å². The van der Waals surface area contributed by atoms with Gasteiger partial charge >= 0.3 is 6.18 Å². The Morgan fingerprint density at radius 1 is 1.13 bits per heavy atom. The van der Waals surface area contributed by atoms with Crippen molar-refractivity contribution in [2.75, 3.05) is 50.8 Å². The molecule has 210 valence electrons. The Balaban J connectivity index is 1.10. The van der Waals surface area contributed by atoms with Gasteiger partial charge in [0.05, 0.1) is 37.3 Å². The summed E-state index contributed by atoms with van der Waals surface area (Å²) in [5.74, 6) is -0.107. The third-order valence-corrected chi connectivity index (χ3v) is 7.81. The fraction of sp³-hybridized carbons (Fsp3) is 0.520. The number of hydrazine groups is 1. The molecular weight excluding hydrogens is 539 g/mol. The number of piperazine rings is 1. The Morgan fingerprint density at radius 2 is 1.85 bits per heavy atom. The Labute approximate surface area is 228 Å². The third-order valence-electron chi connectivity index (χ3n) is 7.32. The summed E-state index contributed by atoms with van der Waals surface area (Å²) < 4.78 is 44.2. The quantitative estimate of drug-likeness (QED) is 0.385. The first-order chi connectivity index (χ1) is 18.7. The monoisotopic (exact) mass is 567 g/mol. The zero-order valence-electron chi connectivity index (χ0n) is 21.0. The number of rotatable bonds is 7. The molecule has 2 N–H and O–H groups in total. The molecule has 14 heteroatoms. The fourth-order valence-electron chi connectivity index (χ4n) is 5.20. The number of benzene rings is 1. The number of anilines is 1. The van der Waals surface area contributed by atoms with Crippen LogP contribution in [0.2, 0.25) is 0 Å². The highest BCUT2D eigenvalue weighted by atomic mass is 35.5. The summed E-state index contributed by atoms with van der Waals surface area (Å²) in [7, 11) is 0. The molecule has 1 aromatic carbocycles. The number of amides is 2. The topological polar surface area (TPSA) is 103 Å². The van der Waals surface area contributed by atoms with Crippen LogP contribution in [0.1, 0.15) is 29.2 Å². The number of alkyl halides is 4. The molecule has 2 saturated heterocycles. The number of hydrogen-bond donors (Lipinski definition) is 2. The average molecular weight is 568 g/mol. The minimum Gasteiger partial charge on any atom is -0.379 e. The van der Waals surface area contributed by atoms with Gasteiger partial charge in [0.1, 0.15) is 5.38 Å². The average Bonchev–Trinajstić information content (AvgIpc) is 3.30. The summed E-state index contributed by atoms with van der Waals surface area (Å²) in [6.07, 6.45) is -2.74. The van der Waals surface area contributed by atoms with Crippen molar-refractivity contribution in [3.8, 4) is 0 Å². The molecule has 0 bridgehead atoms. The maximum Gasteiger partial charge on any atom is 0.419 e. The zero-order valence-corrected chi connectivity index (χ0v) is 21.8. The van der Waals surface area contributed by atoms with E-state index in [1.807, 2.05) is 18.2 Å². The van der Waals surface area contributed by atoms with Crippen LogP contribution in [0.3, 0.4) is 0 Å². The number of halogens is 4. The van der Waals surface area contributed by atoms with Crippen molar-refractivity contribution in [3.63, 3.8) is 0 Å². The lowest BCUT2D eigenvalue weighted by atomic mass is 10.0. The van der Waals surface area contributed by atoms with Gasteiger partial charge in [-0.3, -0.25) is 19.9 Å². The number of carbonyl (C=O) groups excluding carboxylic acids is 2. The number of hydrogen-bond acceptors (Lipinski definition) is 8. The largest absolute Gasteiger partial charge is 0.419 e. The van der Waals surface area contributed by atoms with Gasteiger partial charge in [0.25, 0.3) is 5.91 Å². The number of carbonyl (C=O) groups is 2. The molecule has 0 spiro atoms. The lowest BCUT2D eigenvalue weighted by Gasteiger charge is -2.38.